The summed E-state index contributed by atoms with van der Waals surface area (Å²) in [6.45, 7) is 5.43. The predicted molar refractivity (Wildman–Crippen MR) is 119 cm³/mol. The minimum atomic E-state index is -0.0631. The van der Waals surface area contributed by atoms with E-state index in [0.29, 0.717) is 5.56 Å². The molecule has 0 saturated carbocycles. The van der Waals surface area contributed by atoms with Crippen LogP contribution in [0.4, 0.5) is 16.2 Å². The van der Waals surface area contributed by atoms with Crippen LogP contribution in [-0.4, -0.2) is 66.5 Å². The maximum absolute atomic E-state index is 12.3. The molecule has 2 fully saturated rings. The first-order valence-corrected chi connectivity index (χ1v) is 11.0. The second-order valence-corrected chi connectivity index (χ2v) is 8.45. The summed E-state index contributed by atoms with van der Waals surface area (Å²) < 4.78 is 0. The average Bonchev–Trinajstić information content (AvgIpc) is 3.30. The smallest absolute Gasteiger partial charge is 0.322 e. The normalized spacial score (nSPS) is 20.8. The Balaban J connectivity index is 1.20. The zero-order chi connectivity index (χ0) is 21.4. The fraction of sp³-hybridized carbons (Fsp3) is 0.435. The highest BCUT2D eigenvalue weighted by Crippen LogP contribution is 2.38. The molecule has 3 amide bonds. The maximum atomic E-state index is 12.3. The Hall–Kier alpha value is -3.13. The Labute approximate surface area is 182 Å². The summed E-state index contributed by atoms with van der Waals surface area (Å²) in [6.07, 6.45) is 4.01. The number of hydrogen-bond donors (Lipinski definition) is 2. The molecule has 162 valence electrons. The van der Waals surface area contributed by atoms with Crippen LogP contribution in [-0.2, 0) is 6.54 Å². The molecule has 2 saturated heterocycles. The molecule has 3 aliphatic heterocycles. The number of fused-ring (bicyclic) bond motifs is 3. The van der Waals surface area contributed by atoms with Crippen molar-refractivity contribution in [3.63, 3.8) is 0 Å². The molecule has 4 heterocycles. The van der Waals surface area contributed by atoms with E-state index in [-0.39, 0.29) is 18.0 Å². The van der Waals surface area contributed by atoms with Crippen LogP contribution in [0.3, 0.4) is 0 Å². The minimum absolute atomic E-state index is 0.00463. The highest BCUT2D eigenvalue weighted by molar-refractivity contribution is 5.94. The molecule has 1 unspecified atom stereocenters. The van der Waals surface area contributed by atoms with Crippen molar-refractivity contribution in [2.75, 3.05) is 50.0 Å². The molecule has 0 radical (unpaired) electrons. The molecular formula is C23H28N6O2. The number of piperazine rings is 1. The number of carbonyl (C=O) groups is 2. The van der Waals surface area contributed by atoms with E-state index >= 15 is 0 Å². The molecule has 8 nitrogen and oxygen atoms in total. The van der Waals surface area contributed by atoms with Crippen LogP contribution in [0.1, 0.15) is 40.5 Å². The molecular weight excluding hydrogens is 392 g/mol. The maximum Gasteiger partial charge on any atom is 0.322 e. The number of benzene rings is 1. The van der Waals surface area contributed by atoms with Crippen molar-refractivity contribution in [3.8, 4) is 0 Å². The number of urea groups is 1. The Bertz CT molecular complexity index is 984. The van der Waals surface area contributed by atoms with Gasteiger partial charge >= 0.3 is 6.03 Å². The molecule has 8 heteroatoms. The number of nitrogens with zero attached hydrogens (tertiary/aromatic N) is 4. The van der Waals surface area contributed by atoms with Crippen molar-refractivity contribution in [1.29, 1.82) is 0 Å². The first-order valence-electron chi connectivity index (χ1n) is 11.0. The summed E-state index contributed by atoms with van der Waals surface area (Å²) >= 11 is 0. The monoisotopic (exact) mass is 420 g/mol. The van der Waals surface area contributed by atoms with E-state index in [0.717, 1.165) is 74.7 Å². The van der Waals surface area contributed by atoms with Gasteiger partial charge in [0, 0.05) is 63.8 Å². The van der Waals surface area contributed by atoms with Crippen LogP contribution in [0.15, 0.2) is 36.5 Å². The summed E-state index contributed by atoms with van der Waals surface area (Å²) in [7, 11) is 1.64. The van der Waals surface area contributed by atoms with Crippen molar-refractivity contribution in [3.05, 3.63) is 53.3 Å². The number of nitrogens with one attached hydrogen (secondary N) is 2. The van der Waals surface area contributed by atoms with Crippen molar-refractivity contribution in [2.24, 2.45) is 0 Å². The standard InChI is InChI=1S/C23H28N6O2/c1-24-22(30)17-4-6-18(7-5-17)28-11-9-27(10-12-28)15-16-13-19-21(25-14-16)20-3-2-8-29(20)23(31)26-19/h4-7,13-14,20H,2-3,8-12,15H2,1H3,(H,24,30)(H,26,31). The van der Waals surface area contributed by atoms with Crippen molar-refractivity contribution in [2.45, 2.75) is 25.4 Å². The fourth-order valence-corrected chi connectivity index (χ4v) is 4.84. The molecule has 0 spiro atoms. The van der Waals surface area contributed by atoms with E-state index in [1.54, 1.807) is 7.05 Å². The molecule has 5 rings (SSSR count). The average molecular weight is 421 g/mol. The lowest BCUT2D eigenvalue weighted by atomic mass is 10.1. The van der Waals surface area contributed by atoms with Gasteiger partial charge in [-0.1, -0.05) is 0 Å². The van der Waals surface area contributed by atoms with Gasteiger partial charge in [-0.3, -0.25) is 14.7 Å². The molecule has 2 aromatic rings. The van der Waals surface area contributed by atoms with E-state index in [9.17, 15) is 9.59 Å². The molecule has 0 aliphatic carbocycles. The van der Waals surface area contributed by atoms with E-state index in [1.807, 2.05) is 35.4 Å². The van der Waals surface area contributed by atoms with Gasteiger partial charge in [-0.2, -0.15) is 0 Å². The van der Waals surface area contributed by atoms with Gasteiger partial charge in [-0.25, -0.2) is 4.79 Å². The zero-order valence-corrected chi connectivity index (χ0v) is 17.8. The van der Waals surface area contributed by atoms with Crippen LogP contribution in [0.5, 0.6) is 0 Å². The van der Waals surface area contributed by atoms with Crippen LogP contribution in [0.2, 0.25) is 0 Å². The third kappa shape index (κ3) is 3.83. The van der Waals surface area contributed by atoms with E-state index in [1.165, 1.54) is 0 Å². The van der Waals surface area contributed by atoms with Crippen LogP contribution >= 0.6 is 0 Å². The summed E-state index contributed by atoms with van der Waals surface area (Å²) in [4.78, 5) is 35.5. The Kier molecular flexibility index (Phi) is 5.23. The summed E-state index contributed by atoms with van der Waals surface area (Å²) in [5, 5.41) is 5.68. The molecule has 31 heavy (non-hydrogen) atoms. The summed E-state index contributed by atoms with van der Waals surface area (Å²) in [6, 6.07) is 10.0. The Morgan fingerprint density at radius 3 is 2.68 bits per heavy atom. The predicted octanol–water partition coefficient (Wildman–Crippen LogP) is 2.45. The first kappa shape index (κ1) is 19.8. The Morgan fingerprint density at radius 1 is 1.16 bits per heavy atom. The SMILES string of the molecule is CNC(=O)c1ccc(N2CCN(Cc3cnc4c(c3)NC(=O)N3CCCC43)CC2)cc1. The van der Waals surface area contributed by atoms with Gasteiger partial charge in [0.15, 0.2) is 0 Å². The second kappa shape index (κ2) is 8.19. The lowest BCUT2D eigenvalue weighted by molar-refractivity contribution is 0.0963. The molecule has 1 aromatic carbocycles. The van der Waals surface area contributed by atoms with Crippen LogP contribution in [0, 0.1) is 0 Å². The second-order valence-electron chi connectivity index (χ2n) is 8.45. The highest BCUT2D eigenvalue weighted by atomic mass is 16.2. The topological polar surface area (TPSA) is 80.8 Å². The van der Waals surface area contributed by atoms with Crippen LogP contribution < -0.4 is 15.5 Å². The number of carbonyl (C=O) groups excluding carboxylic acids is 2. The number of anilines is 2. The summed E-state index contributed by atoms with van der Waals surface area (Å²) in [5.74, 6) is -0.0631. The number of pyridine rings is 1. The number of hydrogen-bond acceptors (Lipinski definition) is 5. The largest absolute Gasteiger partial charge is 0.369 e. The molecule has 2 N–H and O–H groups in total. The van der Waals surface area contributed by atoms with Gasteiger partial charge in [0.1, 0.15) is 0 Å². The van der Waals surface area contributed by atoms with E-state index in [4.69, 9.17) is 4.98 Å². The molecule has 1 aromatic heterocycles. The van der Waals surface area contributed by atoms with Crippen molar-refractivity contribution < 1.29 is 9.59 Å². The number of aromatic nitrogens is 1. The molecule has 3 aliphatic rings. The minimum Gasteiger partial charge on any atom is -0.369 e. The van der Waals surface area contributed by atoms with Gasteiger partial charge in [0.25, 0.3) is 5.91 Å². The van der Waals surface area contributed by atoms with Gasteiger partial charge < -0.3 is 20.4 Å². The summed E-state index contributed by atoms with van der Waals surface area (Å²) in [5.41, 5.74) is 4.84. The number of amides is 3. The van der Waals surface area contributed by atoms with E-state index in [2.05, 4.69) is 26.5 Å². The Morgan fingerprint density at radius 2 is 1.94 bits per heavy atom. The fourth-order valence-electron chi connectivity index (χ4n) is 4.84. The third-order valence-electron chi connectivity index (χ3n) is 6.55. The molecule has 0 bridgehead atoms. The zero-order valence-electron chi connectivity index (χ0n) is 17.8. The van der Waals surface area contributed by atoms with Gasteiger partial charge in [0.05, 0.1) is 17.4 Å². The van der Waals surface area contributed by atoms with Gasteiger partial charge in [0.2, 0.25) is 0 Å². The third-order valence-corrected chi connectivity index (χ3v) is 6.55. The molecule has 1 atom stereocenters. The first-order chi connectivity index (χ1) is 15.1. The number of rotatable bonds is 4. The quantitative estimate of drug-likeness (QED) is 0.794. The van der Waals surface area contributed by atoms with Gasteiger partial charge in [-0.05, 0) is 48.7 Å². The van der Waals surface area contributed by atoms with Crippen LogP contribution in [0.25, 0.3) is 0 Å². The lowest BCUT2D eigenvalue weighted by Crippen LogP contribution is -2.46. The highest BCUT2D eigenvalue weighted by Gasteiger charge is 2.37. The van der Waals surface area contributed by atoms with Crippen molar-refractivity contribution in [1.82, 2.24) is 20.1 Å². The van der Waals surface area contributed by atoms with Crippen molar-refractivity contribution >= 4 is 23.3 Å². The lowest BCUT2D eigenvalue weighted by Gasteiger charge is -2.36. The van der Waals surface area contributed by atoms with Gasteiger partial charge in [-0.15, -0.1) is 0 Å². The van der Waals surface area contributed by atoms with E-state index < -0.39 is 0 Å².